The van der Waals surface area contributed by atoms with Crippen LogP contribution in [0.4, 0.5) is 0 Å². The van der Waals surface area contributed by atoms with Gasteiger partial charge in [0.15, 0.2) is 11.9 Å². The Kier molecular flexibility index (Phi) is 4.22. The molecular formula is C11H16O6. The number of ketones is 1. The number of Topliss-reactive ketones (excluding diaryl/α,β-unsaturated/α-hetero) is 1. The molecule has 1 aliphatic rings. The predicted molar refractivity (Wildman–Crippen MR) is 56.0 cm³/mol. The van der Waals surface area contributed by atoms with E-state index >= 15 is 0 Å². The number of carbonyl (C=O) groups excluding carboxylic acids is 3. The van der Waals surface area contributed by atoms with Gasteiger partial charge in [0.05, 0.1) is 6.61 Å². The summed E-state index contributed by atoms with van der Waals surface area (Å²) in [7, 11) is 0. The van der Waals surface area contributed by atoms with Crippen LogP contribution >= 0.6 is 0 Å². The topological polar surface area (TPSA) is 89.9 Å². The highest BCUT2D eigenvalue weighted by atomic mass is 16.6. The van der Waals surface area contributed by atoms with Crippen molar-refractivity contribution in [1.29, 1.82) is 0 Å². The van der Waals surface area contributed by atoms with Gasteiger partial charge in [-0.1, -0.05) is 0 Å². The molecule has 0 saturated heterocycles. The number of hydrogen-bond donors (Lipinski definition) is 1. The molecule has 17 heavy (non-hydrogen) atoms. The molecule has 0 aromatic heterocycles. The van der Waals surface area contributed by atoms with Crippen LogP contribution in [0.3, 0.4) is 0 Å². The molecular weight excluding hydrogens is 228 g/mol. The third kappa shape index (κ3) is 2.82. The Hall–Kier alpha value is -1.43. The molecule has 0 aromatic rings. The Morgan fingerprint density at radius 2 is 2.18 bits per heavy atom. The number of ether oxygens (including phenoxy) is 2. The molecule has 0 amide bonds. The van der Waals surface area contributed by atoms with Gasteiger partial charge in [0.2, 0.25) is 5.60 Å². The minimum Gasteiger partial charge on any atom is -0.464 e. The van der Waals surface area contributed by atoms with Gasteiger partial charge in [-0.2, -0.15) is 0 Å². The number of carbonyl (C=O) groups is 3. The van der Waals surface area contributed by atoms with Gasteiger partial charge < -0.3 is 14.6 Å². The van der Waals surface area contributed by atoms with Gasteiger partial charge in [-0.3, -0.25) is 9.59 Å². The molecule has 0 radical (unpaired) electrons. The first-order valence-corrected chi connectivity index (χ1v) is 5.51. The van der Waals surface area contributed by atoms with E-state index in [1.165, 1.54) is 0 Å². The maximum atomic E-state index is 11.6. The summed E-state index contributed by atoms with van der Waals surface area (Å²) in [5.74, 6) is -2.09. The lowest BCUT2D eigenvalue weighted by Gasteiger charge is -2.35. The molecule has 0 unspecified atom stereocenters. The van der Waals surface area contributed by atoms with Crippen LogP contribution < -0.4 is 0 Å². The van der Waals surface area contributed by atoms with Gasteiger partial charge in [0.25, 0.3) is 0 Å². The van der Waals surface area contributed by atoms with Crippen LogP contribution in [0, 0.1) is 0 Å². The molecule has 1 fully saturated rings. The SMILES string of the molecule is CCOC(=O)[C@]1(O)CCCC(=O)[C@H]1OC(C)=O. The Morgan fingerprint density at radius 3 is 2.71 bits per heavy atom. The third-order valence-corrected chi connectivity index (χ3v) is 2.62. The quantitative estimate of drug-likeness (QED) is 0.701. The zero-order valence-electron chi connectivity index (χ0n) is 9.89. The van der Waals surface area contributed by atoms with Gasteiger partial charge in [-0.05, 0) is 19.8 Å². The van der Waals surface area contributed by atoms with Crippen LogP contribution in [-0.4, -0.2) is 41.1 Å². The summed E-state index contributed by atoms with van der Waals surface area (Å²) in [6.07, 6.45) is -0.853. The fraction of sp³-hybridized carbons (Fsp3) is 0.727. The summed E-state index contributed by atoms with van der Waals surface area (Å²) in [5.41, 5.74) is -2.04. The lowest BCUT2D eigenvalue weighted by atomic mass is 9.81. The summed E-state index contributed by atoms with van der Waals surface area (Å²) in [6, 6.07) is 0. The second-order valence-corrected chi connectivity index (χ2v) is 3.95. The molecule has 1 rings (SSSR count). The number of rotatable bonds is 3. The summed E-state index contributed by atoms with van der Waals surface area (Å²) in [4.78, 5) is 34.1. The van der Waals surface area contributed by atoms with E-state index in [4.69, 9.17) is 9.47 Å². The molecule has 6 nitrogen and oxygen atoms in total. The van der Waals surface area contributed by atoms with Gasteiger partial charge in [0.1, 0.15) is 0 Å². The van der Waals surface area contributed by atoms with E-state index in [2.05, 4.69) is 0 Å². The lowest BCUT2D eigenvalue weighted by molar-refractivity contribution is -0.194. The van der Waals surface area contributed by atoms with Crippen molar-refractivity contribution in [1.82, 2.24) is 0 Å². The van der Waals surface area contributed by atoms with Crippen LogP contribution in [0.1, 0.15) is 33.1 Å². The molecule has 0 bridgehead atoms. The molecule has 1 saturated carbocycles. The predicted octanol–water partition coefficient (Wildman–Crippen LogP) is -0.0347. The molecule has 0 spiro atoms. The smallest absolute Gasteiger partial charge is 0.342 e. The van der Waals surface area contributed by atoms with E-state index < -0.39 is 29.4 Å². The van der Waals surface area contributed by atoms with E-state index in [0.717, 1.165) is 6.92 Å². The second kappa shape index (κ2) is 5.27. The highest BCUT2D eigenvalue weighted by Crippen LogP contribution is 2.30. The van der Waals surface area contributed by atoms with Gasteiger partial charge in [0, 0.05) is 13.3 Å². The second-order valence-electron chi connectivity index (χ2n) is 3.95. The summed E-state index contributed by atoms with van der Waals surface area (Å²) in [5, 5.41) is 10.2. The van der Waals surface area contributed by atoms with E-state index in [1.807, 2.05) is 0 Å². The standard InChI is InChI=1S/C11H16O6/c1-3-16-10(14)11(15)6-4-5-8(13)9(11)17-7(2)12/h9,15H,3-6H2,1-2H3/t9-,11+/m1/s1. The van der Waals surface area contributed by atoms with Gasteiger partial charge in [-0.25, -0.2) is 4.79 Å². The Bertz CT molecular complexity index is 337. The largest absolute Gasteiger partial charge is 0.464 e. The van der Waals surface area contributed by atoms with Crippen molar-refractivity contribution < 1.29 is 29.0 Å². The molecule has 0 aromatic carbocycles. The van der Waals surface area contributed by atoms with Crippen molar-refractivity contribution in [3.8, 4) is 0 Å². The van der Waals surface area contributed by atoms with Crippen molar-refractivity contribution >= 4 is 17.7 Å². The first-order chi connectivity index (χ1) is 7.91. The minimum atomic E-state index is -2.04. The number of esters is 2. The molecule has 0 heterocycles. The van der Waals surface area contributed by atoms with Crippen LogP contribution in [0.2, 0.25) is 0 Å². The Labute approximate surface area is 98.9 Å². The first kappa shape index (κ1) is 13.6. The number of hydrogen-bond acceptors (Lipinski definition) is 6. The number of aliphatic hydroxyl groups is 1. The lowest BCUT2D eigenvalue weighted by Crippen LogP contribution is -2.57. The maximum Gasteiger partial charge on any atom is 0.342 e. The fourth-order valence-corrected chi connectivity index (χ4v) is 1.85. The Morgan fingerprint density at radius 1 is 1.53 bits per heavy atom. The van der Waals surface area contributed by atoms with Crippen molar-refractivity contribution in [3.05, 3.63) is 0 Å². The molecule has 1 N–H and O–H groups in total. The molecule has 0 aliphatic heterocycles. The highest BCUT2D eigenvalue weighted by Gasteiger charge is 2.53. The normalized spacial score (nSPS) is 28.6. The summed E-state index contributed by atoms with van der Waals surface area (Å²) in [6.45, 7) is 2.79. The molecule has 2 atom stereocenters. The van der Waals surface area contributed by atoms with Crippen molar-refractivity contribution in [2.75, 3.05) is 6.61 Å². The maximum absolute atomic E-state index is 11.6. The van der Waals surface area contributed by atoms with E-state index in [1.54, 1.807) is 6.92 Å². The fourth-order valence-electron chi connectivity index (χ4n) is 1.85. The van der Waals surface area contributed by atoms with Crippen LogP contribution in [0.5, 0.6) is 0 Å². The van der Waals surface area contributed by atoms with E-state index in [-0.39, 0.29) is 19.4 Å². The van der Waals surface area contributed by atoms with Gasteiger partial charge >= 0.3 is 11.9 Å². The third-order valence-electron chi connectivity index (χ3n) is 2.62. The van der Waals surface area contributed by atoms with E-state index in [0.29, 0.717) is 6.42 Å². The van der Waals surface area contributed by atoms with Crippen LogP contribution in [-0.2, 0) is 23.9 Å². The molecule has 1 aliphatic carbocycles. The zero-order valence-corrected chi connectivity index (χ0v) is 9.89. The minimum absolute atomic E-state index is 0.0511. The average molecular weight is 244 g/mol. The van der Waals surface area contributed by atoms with Crippen LogP contribution in [0.15, 0.2) is 0 Å². The Balaban J connectivity index is 2.94. The van der Waals surface area contributed by atoms with Crippen LogP contribution in [0.25, 0.3) is 0 Å². The van der Waals surface area contributed by atoms with Crippen molar-refractivity contribution in [2.45, 2.75) is 44.8 Å². The van der Waals surface area contributed by atoms with Gasteiger partial charge in [-0.15, -0.1) is 0 Å². The van der Waals surface area contributed by atoms with E-state index in [9.17, 15) is 19.5 Å². The molecule has 6 heteroatoms. The first-order valence-electron chi connectivity index (χ1n) is 5.51. The zero-order chi connectivity index (χ0) is 13.1. The summed E-state index contributed by atoms with van der Waals surface area (Å²) >= 11 is 0. The average Bonchev–Trinajstić information content (AvgIpc) is 2.24. The monoisotopic (exact) mass is 244 g/mol. The summed E-state index contributed by atoms with van der Waals surface area (Å²) < 4.78 is 9.46. The highest BCUT2D eigenvalue weighted by molar-refractivity contribution is 5.95. The van der Waals surface area contributed by atoms with Crippen molar-refractivity contribution in [2.24, 2.45) is 0 Å². The molecule has 96 valence electrons. The van der Waals surface area contributed by atoms with Crippen molar-refractivity contribution in [3.63, 3.8) is 0 Å².